The molecule has 2 amide bonds. The van der Waals surface area contributed by atoms with E-state index in [1.165, 1.54) is 29.5 Å². The first-order valence-electron chi connectivity index (χ1n) is 7.52. The number of thiazole rings is 1. The molecule has 0 unspecified atom stereocenters. The Balaban J connectivity index is 1.63. The van der Waals surface area contributed by atoms with Gasteiger partial charge in [-0.1, -0.05) is 6.07 Å². The number of hydrogen-bond donors (Lipinski definition) is 0. The molecule has 10 heteroatoms. The summed E-state index contributed by atoms with van der Waals surface area (Å²) >= 11 is 1.37. The number of aryl methyl sites for hydroxylation is 1. The molecule has 1 aromatic carbocycles. The highest BCUT2D eigenvalue weighted by Gasteiger charge is 2.41. The molecule has 26 heavy (non-hydrogen) atoms. The molecule has 0 radical (unpaired) electrons. The van der Waals surface area contributed by atoms with Gasteiger partial charge in [0.2, 0.25) is 0 Å². The van der Waals surface area contributed by atoms with Crippen molar-refractivity contribution in [2.45, 2.75) is 6.54 Å². The summed E-state index contributed by atoms with van der Waals surface area (Å²) in [5.74, 6) is -1.22. The summed E-state index contributed by atoms with van der Waals surface area (Å²) in [6.07, 6.45) is 3.49. The Kier molecular flexibility index (Phi) is 3.62. The average Bonchev–Trinajstić information content (AvgIpc) is 3.31. The van der Waals surface area contributed by atoms with Gasteiger partial charge in [0.1, 0.15) is 10.6 Å². The van der Waals surface area contributed by atoms with Gasteiger partial charge in [-0.3, -0.25) is 29.3 Å². The number of amides is 2. The highest BCUT2D eigenvalue weighted by molar-refractivity contribution is 7.13. The molecule has 0 atom stereocenters. The molecule has 9 nitrogen and oxygen atoms in total. The number of carbonyl (C=O) groups is 2. The van der Waals surface area contributed by atoms with Crippen LogP contribution in [0.3, 0.4) is 0 Å². The third kappa shape index (κ3) is 2.47. The predicted octanol–water partition coefficient (Wildman–Crippen LogP) is 2.25. The standard InChI is InChI=1S/C16H11N5O4S/c1-19-6-9(5-17-19)14-18-10(8-26-14)7-20-15(22)11-3-2-4-12(21(24)25)13(11)16(20)23/h2-6,8H,7H2,1H3. The third-order valence-electron chi connectivity index (χ3n) is 4.00. The lowest BCUT2D eigenvalue weighted by atomic mass is 10.1. The molecule has 1 aliphatic rings. The molecule has 2 aromatic heterocycles. The van der Waals surface area contributed by atoms with Crippen molar-refractivity contribution in [1.82, 2.24) is 19.7 Å². The molecule has 0 N–H and O–H groups in total. The van der Waals surface area contributed by atoms with Crippen molar-refractivity contribution in [3.05, 3.63) is 62.9 Å². The Morgan fingerprint density at radius 3 is 2.77 bits per heavy atom. The van der Waals surface area contributed by atoms with E-state index < -0.39 is 16.7 Å². The molecule has 4 rings (SSSR count). The highest BCUT2D eigenvalue weighted by atomic mass is 32.1. The second kappa shape index (κ2) is 5.85. The van der Waals surface area contributed by atoms with Gasteiger partial charge in [-0.05, 0) is 6.07 Å². The van der Waals surface area contributed by atoms with E-state index in [2.05, 4.69) is 10.1 Å². The van der Waals surface area contributed by atoms with Gasteiger partial charge in [0.15, 0.2) is 0 Å². The van der Waals surface area contributed by atoms with Crippen LogP contribution in [0.25, 0.3) is 10.6 Å². The molecule has 3 aromatic rings. The molecule has 1 aliphatic heterocycles. The van der Waals surface area contributed by atoms with Crippen molar-refractivity contribution in [1.29, 1.82) is 0 Å². The molecule has 0 spiro atoms. The van der Waals surface area contributed by atoms with Gasteiger partial charge in [0, 0.05) is 30.3 Å². The van der Waals surface area contributed by atoms with Gasteiger partial charge < -0.3 is 0 Å². The van der Waals surface area contributed by atoms with Crippen molar-refractivity contribution in [3.8, 4) is 10.6 Å². The molecule has 0 fully saturated rings. The third-order valence-corrected chi connectivity index (χ3v) is 4.94. The number of carbonyl (C=O) groups excluding carboxylic acids is 2. The Hall–Kier alpha value is -3.40. The molecule has 0 aliphatic carbocycles. The molecule has 0 saturated carbocycles. The maximum absolute atomic E-state index is 12.6. The van der Waals surface area contributed by atoms with Crippen LogP contribution in [0, 0.1) is 10.1 Å². The van der Waals surface area contributed by atoms with E-state index in [1.54, 1.807) is 23.3 Å². The van der Waals surface area contributed by atoms with Crippen molar-refractivity contribution < 1.29 is 14.5 Å². The zero-order valence-electron chi connectivity index (χ0n) is 13.4. The molecular weight excluding hydrogens is 358 g/mol. The number of benzene rings is 1. The van der Waals surface area contributed by atoms with Gasteiger partial charge in [-0.25, -0.2) is 4.98 Å². The first kappa shape index (κ1) is 16.1. The lowest BCUT2D eigenvalue weighted by molar-refractivity contribution is -0.385. The molecule has 130 valence electrons. The summed E-state index contributed by atoms with van der Waals surface area (Å²) in [4.78, 5) is 41.0. The summed E-state index contributed by atoms with van der Waals surface area (Å²) in [6.45, 7) is -0.0414. The van der Waals surface area contributed by atoms with Crippen molar-refractivity contribution >= 4 is 28.8 Å². The minimum atomic E-state index is -0.673. The number of hydrogen-bond acceptors (Lipinski definition) is 7. The molecule has 0 bridgehead atoms. The van der Waals surface area contributed by atoms with Crippen LogP contribution in [-0.4, -0.2) is 36.4 Å². The second-order valence-electron chi connectivity index (χ2n) is 5.70. The fourth-order valence-electron chi connectivity index (χ4n) is 2.82. The van der Waals surface area contributed by atoms with Crippen molar-refractivity contribution in [2.24, 2.45) is 7.05 Å². The summed E-state index contributed by atoms with van der Waals surface area (Å²) in [5, 5.41) is 17.7. The highest BCUT2D eigenvalue weighted by Crippen LogP contribution is 2.32. The lowest BCUT2D eigenvalue weighted by Crippen LogP contribution is -2.29. The van der Waals surface area contributed by atoms with Crippen LogP contribution >= 0.6 is 11.3 Å². The van der Waals surface area contributed by atoms with Gasteiger partial charge >= 0.3 is 0 Å². The largest absolute Gasteiger partial charge is 0.282 e. The Bertz CT molecular complexity index is 1070. The van der Waals surface area contributed by atoms with E-state index in [0.29, 0.717) is 5.69 Å². The minimum Gasteiger partial charge on any atom is -0.275 e. The number of nitro benzene ring substituents is 1. The molecule has 0 saturated heterocycles. The fourth-order valence-corrected chi connectivity index (χ4v) is 3.60. The van der Waals surface area contributed by atoms with E-state index in [4.69, 9.17) is 0 Å². The first-order valence-corrected chi connectivity index (χ1v) is 8.40. The maximum atomic E-state index is 12.6. The van der Waals surface area contributed by atoms with Crippen LogP contribution in [0.5, 0.6) is 0 Å². The molecular formula is C16H11N5O4S. The molecule has 3 heterocycles. The Morgan fingerprint density at radius 2 is 2.08 bits per heavy atom. The van der Waals surface area contributed by atoms with Gasteiger partial charge in [0.25, 0.3) is 17.5 Å². The van der Waals surface area contributed by atoms with Crippen LogP contribution < -0.4 is 0 Å². The summed E-state index contributed by atoms with van der Waals surface area (Å²) in [5.41, 5.74) is 0.891. The van der Waals surface area contributed by atoms with E-state index in [-0.39, 0.29) is 23.4 Å². The van der Waals surface area contributed by atoms with Gasteiger partial charge in [0.05, 0.1) is 28.9 Å². The topological polar surface area (TPSA) is 111 Å². The monoisotopic (exact) mass is 369 g/mol. The van der Waals surface area contributed by atoms with Gasteiger partial charge in [-0.2, -0.15) is 5.10 Å². The first-order chi connectivity index (χ1) is 12.5. The SMILES string of the molecule is Cn1cc(-c2nc(CN3C(=O)c4cccc([N+](=O)[O-])c4C3=O)cs2)cn1. The van der Waals surface area contributed by atoms with Crippen LogP contribution in [0.1, 0.15) is 26.4 Å². The summed E-state index contributed by atoms with van der Waals surface area (Å²) in [7, 11) is 1.80. The zero-order valence-corrected chi connectivity index (χ0v) is 14.3. The van der Waals surface area contributed by atoms with E-state index >= 15 is 0 Å². The summed E-state index contributed by atoms with van der Waals surface area (Å²) < 4.78 is 1.65. The second-order valence-corrected chi connectivity index (χ2v) is 6.56. The van der Waals surface area contributed by atoms with E-state index in [0.717, 1.165) is 15.5 Å². The number of nitro groups is 1. The van der Waals surface area contributed by atoms with Gasteiger partial charge in [-0.15, -0.1) is 11.3 Å². The van der Waals surface area contributed by atoms with Crippen molar-refractivity contribution in [2.75, 3.05) is 0 Å². The number of rotatable bonds is 4. The summed E-state index contributed by atoms with van der Waals surface area (Å²) in [6, 6.07) is 4.04. The average molecular weight is 369 g/mol. The number of aromatic nitrogens is 3. The minimum absolute atomic E-state index is 0.0414. The quantitative estimate of drug-likeness (QED) is 0.396. The lowest BCUT2D eigenvalue weighted by Gasteiger charge is -2.11. The van der Waals surface area contributed by atoms with E-state index in [9.17, 15) is 19.7 Å². The van der Waals surface area contributed by atoms with Crippen LogP contribution in [0.4, 0.5) is 5.69 Å². The zero-order chi connectivity index (χ0) is 18.4. The van der Waals surface area contributed by atoms with Crippen molar-refractivity contribution in [3.63, 3.8) is 0 Å². The Labute approximate surface area is 150 Å². The normalized spacial score (nSPS) is 13.3. The number of imide groups is 1. The van der Waals surface area contributed by atoms with Crippen LogP contribution in [-0.2, 0) is 13.6 Å². The number of nitrogens with zero attached hydrogens (tertiary/aromatic N) is 5. The van der Waals surface area contributed by atoms with Crippen LogP contribution in [0.15, 0.2) is 36.0 Å². The fraction of sp³-hybridized carbons (Fsp3) is 0.125. The smallest absolute Gasteiger partial charge is 0.275 e. The maximum Gasteiger partial charge on any atom is 0.282 e. The Morgan fingerprint density at radius 1 is 1.27 bits per heavy atom. The number of fused-ring (bicyclic) bond motifs is 1. The van der Waals surface area contributed by atoms with Crippen LogP contribution in [0.2, 0.25) is 0 Å². The predicted molar refractivity (Wildman–Crippen MR) is 91.6 cm³/mol. The van der Waals surface area contributed by atoms with E-state index in [1.807, 2.05) is 6.20 Å².